The summed E-state index contributed by atoms with van der Waals surface area (Å²) in [5.74, 6) is -0.562. The van der Waals surface area contributed by atoms with Crippen LogP contribution < -0.4 is 10.6 Å². The number of hydrogen-bond acceptors (Lipinski definition) is 2. The molecule has 1 amide bonds. The maximum atomic E-state index is 13.3. The Hall–Kier alpha value is -2.36. The molecule has 0 saturated heterocycles. The zero-order chi connectivity index (χ0) is 14.8. The van der Waals surface area contributed by atoms with Crippen molar-refractivity contribution in [1.29, 1.82) is 0 Å². The number of amides is 1. The fourth-order valence-corrected chi connectivity index (χ4v) is 2.63. The van der Waals surface area contributed by atoms with Crippen LogP contribution in [0.25, 0.3) is 0 Å². The molecule has 3 rings (SSSR count). The number of carbonyl (C=O) groups excluding carboxylic acids is 1. The monoisotopic (exact) mass is 284 g/mol. The van der Waals surface area contributed by atoms with Gasteiger partial charge in [0.15, 0.2) is 0 Å². The van der Waals surface area contributed by atoms with E-state index in [1.54, 1.807) is 19.1 Å². The van der Waals surface area contributed by atoms with Crippen molar-refractivity contribution in [2.45, 2.75) is 19.8 Å². The van der Waals surface area contributed by atoms with Crippen LogP contribution >= 0.6 is 0 Å². The summed E-state index contributed by atoms with van der Waals surface area (Å²) in [4.78, 5) is 12.3. The third-order valence-corrected chi connectivity index (χ3v) is 3.61. The molecule has 1 aliphatic heterocycles. The summed E-state index contributed by atoms with van der Waals surface area (Å²) in [6.07, 6.45) is 2.05. The van der Waals surface area contributed by atoms with Gasteiger partial charge >= 0.3 is 0 Å². The molecule has 1 aliphatic rings. The van der Waals surface area contributed by atoms with Crippen LogP contribution in [0.15, 0.2) is 36.4 Å². The predicted molar refractivity (Wildman–Crippen MR) is 82.3 cm³/mol. The number of rotatable bonds is 2. The van der Waals surface area contributed by atoms with Gasteiger partial charge in [0.2, 0.25) is 0 Å². The van der Waals surface area contributed by atoms with E-state index in [-0.39, 0.29) is 11.7 Å². The molecule has 0 bridgehead atoms. The lowest BCUT2D eigenvalue weighted by atomic mass is 10.0. The molecule has 0 aliphatic carbocycles. The summed E-state index contributed by atoms with van der Waals surface area (Å²) in [7, 11) is 0. The summed E-state index contributed by atoms with van der Waals surface area (Å²) in [6.45, 7) is 2.77. The van der Waals surface area contributed by atoms with Gasteiger partial charge in [0.25, 0.3) is 5.91 Å². The van der Waals surface area contributed by atoms with Crippen molar-refractivity contribution in [1.82, 2.24) is 0 Å². The summed E-state index contributed by atoms with van der Waals surface area (Å²) in [6, 6.07) is 10.1. The van der Waals surface area contributed by atoms with E-state index in [0.717, 1.165) is 36.2 Å². The molecule has 3 nitrogen and oxygen atoms in total. The van der Waals surface area contributed by atoms with Gasteiger partial charge in [-0.2, -0.15) is 0 Å². The smallest absolute Gasteiger partial charge is 0.255 e. The van der Waals surface area contributed by atoms with Crippen molar-refractivity contribution in [3.63, 3.8) is 0 Å². The number of anilines is 2. The fourth-order valence-electron chi connectivity index (χ4n) is 2.63. The summed E-state index contributed by atoms with van der Waals surface area (Å²) in [5, 5.41) is 6.06. The molecule has 108 valence electrons. The minimum absolute atomic E-state index is 0.214. The molecule has 1 heterocycles. The quantitative estimate of drug-likeness (QED) is 0.882. The van der Waals surface area contributed by atoms with Crippen molar-refractivity contribution < 1.29 is 9.18 Å². The lowest BCUT2D eigenvalue weighted by Crippen LogP contribution is -2.15. The van der Waals surface area contributed by atoms with Gasteiger partial charge in [0.1, 0.15) is 5.82 Å². The Morgan fingerprint density at radius 2 is 2.10 bits per heavy atom. The van der Waals surface area contributed by atoms with Gasteiger partial charge in [-0.3, -0.25) is 4.79 Å². The molecule has 0 saturated carbocycles. The van der Waals surface area contributed by atoms with E-state index in [0.29, 0.717) is 11.3 Å². The highest BCUT2D eigenvalue weighted by atomic mass is 19.1. The van der Waals surface area contributed by atoms with E-state index in [1.165, 1.54) is 12.1 Å². The van der Waals surface area contributed by atoms with Crippen molar-refractivity contribution in [2.24, 2.45) is 0 Å². The lowest BCUT2D eigenvalue weighted by Gasteiger charge is -2.18. The SMILES string of the molecule is Cc1cc(F)cc(NC(=O)c2ccc3c(c2)CCCN3)c1. The van der Waals surface area contributed by atoms with Crippen LogP contribution in [0.4, 0.5) is 15.8 Å². The molecule has 0 spiro atoms. The first-order chi connectivity index (χ1) is 10.1. The summed E-state index contributed by atoms with van der Waals surface area (Å²) in [5.41, 5.74) is 4.11. The molecule has 0 aromatic heterocycles. The largest absolute Gasteiger partial charge is 0.385 e. The maximum Gasteiger partial charge on any atom is 0.255 e. The van der Waals surface area contributed by atoms with Crippen LogP contribution in [0.3, 0.4) is 0 Å². The average Bonchev–Trinajstić information content (AvgIpc) is 2.45. The molecule has 0 fully saturated rings. The molecule has 0 atom stereocenters. The van der Waals surface area contributed by atoms with Crippen LogP contribution in [-0.2, 0) is 6.42 Å². The van der Waals surface area contributed by atoms with Crippen LogP contribution in [0, 0.1) is 12.7 Å². The Morgan fingerprint density at radius 1 is 1.24 bits per heavy atom. The van der Waals surface area contributed by atoms with Crippen LogP contribution in [0.2, 0.25) is 0 Å². The number of halogens is 1. The predicted octanol–water partition coefficient (Wildman–Crippen LogP) is 3.74. The van der Waals surface area contributed by atoms with Gasteiger partial charge in [-0.1, -0.05) is 0 Å². The van der Waals surface area contributed by atoms with Crippen molar-refractivity contribution in [2.75, 3.05) is 17.2 Å². The highest BCUT2D eigenvalue weighted by Crippen LogP contribution is 2.23. The van der Waals surface area contributed by atoms with Crippen molar-refractivity contribution >= 4 is 17.3 Å². The van der Waals surface area contributed by atoms with Gasteiger partial charge < -0.3 is 10.6 Å². The van der Waals surface area contributed by atoms with E-state index in [2.05, 4.69) is 10.6 Å². The second-order valence-corrected chi connectivity index (χ2v) is 5.37. The Balaban J connectivity index is 1.82. The minimum Gasteiger partial charge on any atom is -0.385 e. The number of carbonyl (C=O) groups is 1. The fraction of sp³-hybridized carbons (Fsp3) is 0.235. The Bertz CT molecular complexity index is 677. The molecule has 2 aromatic rings. The first-order valence-corrected chi connectivity index (χ1v) is 7.07. The molecule has 0 radical (unpaired) electrons. The topological polar surface area (TPSA) is 41.1 Å². The van der Waals surface area contributed by atoms with Gasteiger partial charge in [0.05, 0.1) is 0 Å². The number of aryl methyl sites for hydroxylation is 2. The number of nitrogens with one attached hydrogen (secondary N) is 2. The third-order valence-electron chi connectivity index (χ3n) is 3.61. The van der Waals surface area contributed by atoms with Crippen LogP contribution in [0.1, 0.15) is 27.9 Å². The van der Waals surface area contributed by atoms with Gasteiger partial charge in [-0.15, -0.1) is 0 Å². The van der Waals surface area contributed by atoms with Gasteiger partial charge in [-0.25, -0.2) is 4.39 Å². The molecule has 2 aromatic carbocycles. The van der Waals surface area contributed by atoms with Gasteiger partial charge in [-0.05, 0) is 67.3 Å². The number of fused-ring (bicyclic) bond motifs is 1. The first kappa shape index (κ1) is 13.6. The molecule has 2 N–H and O–H groups in total. The second-order valence-electron chi connectivity index (χ2n) is 5.37. The van der Waals surface area contributed by atoms with Crippen LogP contribution in [0.5, 0.6) is 0 Å². The lowest BCUT2D eigenvalue weighted by molar-refractivity contribution is 0.102. The molecular weight excluding hydrogens is 267 g/mol. The molecule has 4 heteroatoms. The number of hydrogen-bond donors (Lipinski definition) is 2. The standard InChI is InChI=1S/C17H17FN2O/c1-11-7-14(18)10-15(8-11)20-17(21)13-4-5-16-12(9-13)3-2-6-19-16/h4-5,7-10,19H,2-3,6H2,1H3,(H,20,21). The van der Waals surface area contributed by atoms with Crippen molar-refractivity contribution in [3.05, 3.63) is 58.9 Å². The van der Waals surface area contributed by atoms with E-state index >= 15 is 0 Å². The molecule has 0 unspecified atom stereocenters. The Kier molecular flexibility index (Phi) is 3.60. The number of benzene rings is 2. The zero-order valence-electron chi connectivity index (χ0n) is 11.9. The minimum atomic E-state index is -0.347. The second kappa shape index (κ2) is 5.56. The zero-order valence-corrected chi connectivity index (χ0v) is 11.9. The average molecular weight is 284 g/mol. The van der Waals surface area contributed by atoms with Crippen molar-refractivity contribution in [3.8, 4) is 0 Å². The summed E-state index contributed by atoms with van der Waals surface area (Å²) < 4.78 is 13.3. The van der Waals surface area contributed by atoms with Gasteiger partial charge in [0, 0.05) is 23.5 Å². The van der Waals surface area contributed by atoms with E-state index in [9.17, 15) is 9.18 Å². The summed E-state index contributed by atoms with van der Waals surface area (Å²) >= 11 is 0. The van der Waals surface area contributed by atoms with Crippen LogP contribution in [-0.4, -0.2) is 12.5 Å². The maximum absolute atomic E-state index is 13.3. The Morgan fingerprint density at radius 3 is 2.90 bits per heavy atom. The molecular formula is C17H17FN2O. The van der Waals surface area contributed by atoms with E-state index < -0.39 is 0 Å². The van der Waals surface area contributed by atoms with E-state index in [4.69, 9.17) is 0 Å². The highest BCUT2D eigenvalue weighted by Gasteiger charge is 2.13. The third kappa shape index (κ3) is 3.05. The first-order valence-electron chi connectivity index (χ1n) is 7.07. The highest BCUT2D eigenvalue weighted by molar-refractivity contribution is 6.04. The molecule has 21 heavy (non-hydrogen) atoms. The normalized spacial score (nSPS) is 13.2. The van der Waals surface area contributed by atoms with E-state index in [1.807, 2.05) is 12.1 Å². The Labute approximate surface area is 123 Å².